The number of benzene rings is 2. The molecule has 5 aromatic rings. The molecule has 3 heterocycles. The molecule has 0 aliphatic heterocycles. The molecule has 0 unspecified atom stereocenters. The predicted octanol–water partition coefficient (Wildman–Crippen LogP) is 5.78. The Hall–Kier alpha value is -3.77. The van der Waals surface area contributed by atoms with E-state index >= 15 is 0 Å². The molecular weight excluding hydrogens is 392 g/mol. The van der Waals surface area contributed by atoms with Crippen LogP contribution in [0.15, 0.2) is 98.9 Å². The number of furan rings is 1. The second kappa shape index (κ2) is 7.93. The number of pyridine rings is 1. The number of hydrogen-bond acceptors (Lipinski definition) is 5. The van der Waals surface area contributed by atoms with Gasteiger partial charge in [-0.15, -0.1) is 11.3 Å². The number of fused-ring (bicyclic) bond motifs is 1. The highest BCUT2D eigenvalue weighted by Crippen LogP contribution is 2.28. The second-order valence-corrected chi connectivity index (χ2v) is 7.65. The Morgan fingerprint density at radius 1 is 1.00 bits per heavy atom. The van der Waals surface area contributed by atoms with E-state index in [4.69, 9.17) is 9.41 Å². The third-order valence-corrected chi connectivity index (χ3v) is 5.40. The summed E-state index contributed by atoms with van der Waals surface area (Å²) < 4.78 is 7.89. The molecule has 0 radical (unpaired) electrons. The molecule has 146 valence electrons. The molecule has 30 heavy (non-hydrogen) atoms. The Bertz CT molecular complexity index is 1380. The maximum atomic E-state index is 6.08. The molecule has 0 fully saturated rings. The van der Waals surface area contributed by atoms with Crippen LogP contribution in [0, 0.1) is 6.92 Å². The summed E-state index contributed by atoms with van der Waals surface area (Å²) >= 11 is 1.52. The van der Waals surface area contributed by atoms with Gasteiger partial charge >= 0.3 is 0 Å². The van der Waals surface area contributed by atoms with Gasteiger partial charge in [0.25, 0.3) is 0 Å². The van der Waals surface area contributed by atoms with E-state index in [1.807, 2.05) is 72.1 Å². The van der Waals surface area contributed by atoms with Crippen molar-refractivity contribution in [2.24, 2.45) is 10.1 Å². The maximum Gasteiger partial charge on any atom is 0.211 e. The fraction of sp³-hybridized carbons (Fsp3) is 0.0417. The number of aryl methyl sites for hydroxylation is 1. The van der Waals surface area contributed by atoms with Crippen LogP contribution >= 0.6 is 11.3 Å². The average Bonchev–Trinajstić information content (AvgIpc) is 3.37. The summed E-state index contributed by atoms with van der Waals surface area (Å²) in [5.74, 6) is 0.747. The first-order valence-electron chi connectivity index (χ1n) is 9.52. The monoisotopic (exact) mass is 410 g/mol. The van der Waals surface area contributed by atoms with Crippen LogP contribution in [0.2, 0.25) is 0 Å². The number of rotatable bonds is 4. The lowest BCUT2D eigenvalue weighted by molar-refractivity contribution is 0.622. The van der Waals surface area contributed by atoms with E-state index in [-0.39, 0.29) is 0 Å². The largest absolute Gasteiger partial charge is 0.454 e. The van der Waals surface area contributed by atoms with E-state index in [0.29, 0.717) is 0 Å². The summed E-state index contributed by atoms with van der Waals surface area (Å²) in [6.45, 7) is 2.06. The predicted molar refractivity (Wildman–Crippen MR) is 121 cm³/mol. The minimum absolute atomic E-state index is 0.747. The van der Waals surface area contributed by atoms with Crippen molar-refractivity contribution in [1.29, 1.82) is 0 Å². The van der Waals surface area contributed by atoms with Gasteiger partial charge in [-0.1, -0.05) is 36.4 Å². The zero-order valence-corrected chi connectivity index (χ0v) is 17.1. The molecule has 5 rings (SSSR count). The molecule has 6 heteroatoms. The summed E-state index contributed by atoms with van der Waals surface area (Å²) in [6.07, 6.45) is 3.48. The number of thiazole rings is 1. The van der Waals surface area contributed by atoms with Gasteiger partial charge in [0, 0.05) is 17.0 Å². The Labute approximate surface area is 177 Å². The summed E-state index contributed by atoms with van der Waals surface area (Å²) in [6, 6.07) is 23.8. The number of aromatic nitrogens is 2. The van der Waals surface area contributed by atoms with E-state index in [0.717, 1.165) is 44.2 Å². The zero-order valence-electron chi connectivity index (χ0n) is 16.3. The third kappa shape index (κ3) is 3.73. The van der Waals surface area contributed by atoms with Crippen molar-refractivity contribution in [3.8, 4) is 11.5 Å². The van der Waals surface area contributed by atoms with E-state index in [2.05, 4.69) is 23.1 Å². The minimum Gasteiger partial charge on any atom is -0.454 e. The Morgan fingerprint density at radius 3 is 2.73 bits per heavy atom. The standard InChI is InChI=1S/C24H18N4OS/c1-17-7-6-10-19(13-17)27-24-28(26-15-20-9-4-5-12-25-20)21(16-30-24)23-14-18-8-2-3-11-22(18)29-23/h2-16H,1H3. The smallest absolute Gasteiger partial charge is 0.211 e. The molecule has 0 aliphatic carbocycles. The zero-order chi connectivity index (χ0) is 20.3. The highest BCUT2D eigenvalue weighted by Gasteiger charge is 2.13. The molecule has 2 aromatic carbocycles. The number of nitrogens with zero attached hydrogens (tertiary/aromatic N) is 4. The van der Waals surface area contributed by atoms with Crippen molar-refractivity contribution < 1.29 is 4.42 Å². The van der Waals surface area contributed by atoms with Crippen LogP contribution in [-0.2, 0) is 0 Å². The van der Waals surface area contributed by atoms with Crippen molar-refractivity contribution in [2.75, 3.05) is 0 Å². The third-order valence-electron chi connectivity index (χ3n) is 4.58. The van der Waals surface area contributed by atoms with Crippen LogP contribution in [0.4, 0.5) is 5.69 Å². The van der Waals surface area contributed by atoms with E-state index in [1.165, 1.54) is 11.3 Å². The Kier molecular flexibility index (Phi) is 4.83. The van der Waals surface area contributed by atoms with Crippen LogP contribution in [0.3, 0.4) is 0 Å². The van der Waals surface area contributed by atoms with Gasteiger partial charge in [-0.05, 0) is 48.9 Å². The molecular formula is C24H18N4OS. The molecule has 0 saturated carbocycles. The first kappa shape index (κ1) is 18.3. The van der Waals surface area contributed by atoms with Crippen LogP contribution < -0.4 is 4.80 Å². The molecule has 5 nitrogen and oxygen atoms in total. The summed E-state index contributed by atoms with van der Waals surface area (Å²) in [5.41, 5.74) is 4.50. The summed E-state index contributed by atoms with van der Waals surface area (Å²) in [4.78, 5) is 9.90. The van der Waals surface area contributed by atoms with Gasteiger partial charge in [0.15, 0.2) is 5.76 Å². The fourth-order valence-corrected chi connectivity index (χ4v) is 3.98. The normalized spacial score (nSPS) is 12.2. The Balaban J connectivity index is 1.67. The quantitative estimate of drug-likeness (QED) is 0.353. The van der Waals surface area contributed by atoms with Gasteiger partial charge in [-0.25, -0.2) is 9.67 Å². The molecule has 3 aromatic heterocycles. The SMILES string of the molecule is Cc1cccc(N=c2scc(-c3cc4ccccc4o3)n2N=Cc2ccccn2)c1. The van der Waals surface area contributed by atoms with Gasteiger partial charge in [-0.2, -0.15) is 5.10 Å². The van der Waals surface area contributed by atoms with E-state index < -0.39 is 0 Å². The maximum absolute atomic E-state index is 6.08. The van der Waals surface area contributed by atoms with Gasteiger partial charge in [0.05, 0.1) is 17.6 Å². The first-order valence-corrected chi connectivity index (χ1v) is 10.4. The molecule has 0 atom stereocenters. The lowest BCUT2D eigenvalue weighted by atomic mass is 10.2. The molecule has 0 bridgehead atoms. The lowest BCUT2D eigenvalue weighted by Gasteiger charge is -2.01. The topological polar surface area (TPSA) is 55.7 Å². The number of hydrogen-bond donors (Lipinski definition) is 0. The van der Waals surface area contributed by atoms with E-state index in [9.17, 15) is 0 Å². The number of para-hydroxylation sites is 1. The molecule has 0 aliphatic rings. The molecule has 0 spiro atoms. The van der Waals surface area contributed by atoms with Crippen molar-refractivity contribution in [2.45, 2.75) is 6.92 Å². The molecule has 0 N–H and O–H groups in total. The van der Waals surface area contributed by atoms with Gasteiger partial charge in [-0.3, -0.25) is 4.98 Å². The van der Waals surface area contributed by atoms with Gasteiger partial charge in [0.2, 0.25) is 4.80 Å². The summed E-state index contributed by atoms with van der Waals surface area (Å²) in [7, 11) is 0. The van der Waals surface area contributed by atoms with Crippen molar-refractivity contribution >= 4 is 34.2 Å². The van der Waals surface area contributed by atoms with E-state index in [1.54, 1.807) is 17.1 Å². The van der Waals surface area contributed by atoms with Crippen molar-refractivity contribution in [1.82, 2.24) is 9.66 Å². The van der Waals surface area contributed by atoms with Crippen LogP contribution in [0.25, 0.3) is 22.4 Å². The van der Waals surface area contributed by atoms with Gasteiger partial charge < -0.3 is 4.42 Å². The molecule has 0 saturated heterocycles. The second-order valence-electron chi connectivity index (χ2n) is 6.81. The lowest BCUT2D eigenvalue weighted by Crippen LogP contribution is -2.11. The summed E-state index contributed by atoms with van der Waals surface area (Å²) in [5, 5.41) is 7.76. The fourth-order valence-electron chi connectivity index (χ4n) is 3.14. The first-order chi connectivity index (χ1) is 14.8. The minimum atomic E-state index is 0.747. The van der Waals surface area contributed by atoms with Crippen LogP contribution in [-0.4, -0.2) is 15.9 Å². The average molecular weight is 411 g/mol. The highest BCUT2D eigenvalue weighted by atomic mass is 32.1. The highest BCUT2D eigenvalue weighted by molar-refractivity contribution is 7.07. The van der Waals surface area contributed by atoms with Crippen molar-refractivity contribution in [3.05, 3.63) is 100 Å². The van der Waals surface area contributed by atoms with Crippen LogP contribution in [0.1, 0.15) is 11.3 Å². The Morgan fingerprint density at radius 2 is 1.90 bits per heavy atom. The van der Waals surface area contributed by atoms with Crippen LogP contribution in [0.5, 0.6) is 0 Å². The molecule has 0 amide bonds. The van der Waals surface area contributed by atoms with Crippen molar-refractivity contribution in [3.63, 3.8) is 0 Å². The van der Waals surface area contributed by atoms with Gasteiger partial charge in [0.1, 0.15) is 11.3 Å².